The Balaban J connectivity index is 1.90. The molecule has 0 bridgehead atoms. The van der Waals surface area contributed by atoms with Crippen LogP contribution in [0.4, 0.5) is 0 Å². The lowest BCUT2D eigenvalue weighted by molar-refractivity contribution is 0.115. The van der Waals surface area contributed by atoms with Crippen molar-refractivity contribution in [3.8, 4) is 5.75 Å². The summed E-state index contributed by atoms with van der Waals surface area (Å²) < 4.78 is 11.2. The fraction of sp³-hybridized carbons (Fsp3) is 0.600. The van der Waals surface area contributed by atoms with Crippen LogP contribution in [-0.4, -0.2) is 25.9 Å². The second kappa shape index (κ2) is 6.76. The van der Waals surface area contributed by atoms with Crippen molar-refractivity contribution >= 4 is 0 Å². The van der Waals surface area contributed by atoms with E-state index in [9.17, 15) is 0 Å². The van der Waals surface area contributed by atoms with E-state index in [2.05, 4.69) is 19.1 Å². The van der Waals surface area contributed by atoms with Gasteiger partial charge in [0.15, 0.2) is 0 Å². The van der Waals surface area contributed by atoms with Crippen LogP contribution in [0.2, 0.25) is 0 Å². The van der Waals surface area contributed by atoms with Gasteiger partial charge in [0.1, 0.15) is 5.75 Å². The number of ether oxygens (including phenoxy) is 2. The molecule has 1 aromatic carbocycles. The standard InChI is InChI=1S/C15H23NO2/c1-2-8-17-11-13(16)10-12-7-9-18-15-6-4-3-5-14(12)15/h3-6,12-13H,2,7-11,16H2,1H3. The third-order valence-corrected chi connectivity index (χ3v) is 3.35. The quantitative estimate of drug-likeness (QED) is 0.788. The number of rotatable bonds is 6. The van der Waals surface area contributed by atoms with Gasteiger partial charge in [-0.3, -0.25) is 0 Å². The predicted molar refractivity (Wildman–Crippen MR) is 73.0 cm³/mol. The van der Waals surface area contributed by atoms with Crippen molar-refractivity contribution in [1.29, 1.82) is 0 Å². The van der Waals surface area contributed by atoms with Crippen LogP contribution in [0.15, 0.2) is 24.3 Å². The van der Waals surface area contributed by atoms with Crippen molar-refractivity contribution in [2.45, 2.75) is 38.1 Å². The second-order valence-corrected chi connectivity index (χ2v) is 4.94. The molecule has 0 saturated carbocycles. The summed E-state index contributed by atoms with van der Waals surface area (Å²) in [4.78, 5) is 0. The molecule has 0 aromatic heterocycles. The summed E-state index contributed by atoms with van der Waals surface area (Å²) in [6.07, 6.45) is 3.08. The first-order valence-electron chi connectivity index (χ1n) is 6.86. The lowest BCUT2D eigenvalue weighted by atomic mass is 9.88. The van der Waals surface area contributed by atoms with Crippen molar-refractivity contribution in [3.05, 3.63) is 29.8 Å². The molecule has 100 valence electrons. The molecule has 0 aliphatic carbocycles. The number of hydrogen-bond donors (Lipinski definition) is 1. The zero-order valence-corrected chi connectivity index (χ0v) is 11.1. The third-order valence-electron chi connectivity index (χ3n) is 3.35. The first-order chi connectivity index (χ1) is 8.81. The van der Waals surface area contributed by atoms with E-state index in [0.717, 1.165) is 38.2 Å². The Hall–Kier alpha value is -1.06. The maximum Gasteiger partial charge on any atom is 0.122 e. The van der Waals surface area contributed by atoms with Gasteiger partial charge in [-0.05, 0) is 36.8 Å². The summed E-state index contributed by atoms with van der Waals surface area (Å²) in [5.74, 6) is 1.53. The van der Waals surface area contributed by atoms with E-state index in [4.69, 9.17) is 15.2 Å². The molecule has 1 aliphatic rings. The van der Waals surface area contributed by atoms with E-state index in [1.165, 1.54) is 5.56 Å². The van der Waals surface area contributed by atoms with Gasteiger partial charge in [-0.1, -0.05) is 25.1 Å². The molecular weight excluding hydrogens is 226 g/mol. The number of hydrogen-bond acceptors (Lipinski definition) is 3. The summed E-state index contributed by atoms with van der Waals surface area (Å²) in [7, 11) is 0. The molecule has 2 rings (SSSR count). The Morgan fingerprint density at radius 1 is 1.44 bits per heavy atom. The van der Waals surface area contributed by atoms with Crippen LogP contribution < -0.4 is 10.5 Å². The summed E-state index contributed by atoms with van der Waals surface area (Å²) in [6, 6.07) is 8.40. The second-order valence-electron chi connectivity index (χ2n) is 4.94. The highest BCUT2D eigenvalue weighted by Gasteiger charge is 2.22. The molecule has 0 saturated heterocycles. The first kappa shape index (κ1) is 13.4. The van der Waals surface area contributed by atoms with Gasteiger partial charge < -0.3 is 15.2 Å². The lowest BCUT2D eigenvalue weighted by Crippen LogP contribution is -2.30. The van der Waals surface area contributed by atoms with Crippen molar-refractivity contribution in [3.63, 3.8) is 0 Å². The molecule has 1 heterocycles. The Morgan fingerprint density at radius 3 is 3.11 bits per heavy atom. The van der Waals surface area contributed by atoms with Gasteiger partial charge >= 0.3 is 0 Å². The number of benzene rings is 1. The van der Waals surface area contributed by atoms with Crippen molar-refractivity contribution in [1.82, 2.24) is 0 Å². The molecule has 0 fully saturated rings. The van der Waals surface area contributed by atoms with Crippen molar-refractivity contribution in [2.75, 3.05) is 19.8 Å². The largest absolute Gasteiger partial charge is 0.493 e. The minimum atomic E-state index is 0.118. The molecule has 1 aromatic rings. The Kier molecular flexibility index (Phi) is 5.02. The van der Waals surface area contributed by atoms with E-state index in [1.54, 1.807) is 0 Å². The average Bonchev–Trinajstić information content (AvgIpc) is 2.39. The highest BCUT2D eigenvalue weighted by molar-refractivity contribution is 5.37. The van der Waals surface area contributed by atoms with Gasteiger partial charge in [-0.2, -0.15) is 0 Å². The molecule has 0 spiro atoms. The number of nitrogens with two attached hydrogens (primary N) is 1. The van der Waals surface area contributed by atoms with Gasteiger partial charge in [0.25, 0.3) is 0 Å². The molecule has 0 amide bonds. The fourth-order valence-corrected chi connectivity index (χ4v) is 2.47. The first-order valence-corrected chi connectivity index (χ1v) is 6.86. The van der Waals surface area contributed by atoms with E-state index >= 15 is 0 Å². The van der Waals surface area contributed by atoms with Gasteiger partial charge in [-0.15, -0.1) is 0 Å². The summed E-state index contributed by atoms with van der Waals surface area (Å²) in [6.45, 7) is 4.37. The highest BCUT2D eigenvalue weighted by atomic mass is 16.5. The van der Waals surface area contributed by atoms with E-state index in [-0.39, 0.29) is 6.04 Å². The molecule has 3 heteroatoms. The molecule has 3 nitrogen and oxygen atoms in total. The minimum Gasteiger partial charge on any atom is -0.493 e. The summed E-state index contributed by atoms with van der Waals surface area (Å²) in [5, 5.41) is 0. The third kappa shape index (κ3) is 3.47. The highest BCUT2D eigenvalue weighted by Crippen LogP contribution is 2.35. The number of para-hydroxylation sites is 1. The Morgan fingerprint density at radius 2 is 2.28 bits per heavy atom. The lowest BCUT2D eigenvalue weighted by Gasteiger charge is -2.27. The molecule has 0 radical (unpaired) electrons. The summed E-state index contributed by atoms with van der Waals surface area (Å²) in [5.41, 5.74) is 7.44. The fourth-order valence-electron chi connectivity index (χ4n) is 2.47. The summed E-state index contributed by atoms with van der Waals surface area (Å²) >= 11 is 0. The van der Waals surface area contributed by atoms with Crippen molar-refractivity contribution in [2.24, 2.45) is 5.73 Å². The smallest absolute Gasteiger partial charge is 0.122 e. The normalized spacial score (nSPS) is 20.0. The molecule has 2 unspecified atom stereocenters. The van der Waals surface area contributed by atoms with Crippen LogP contribution in [0.5, 0.6) is 5.75 Å². The van der Waals surface area contributed by atoms with Crippen LogP contribution >= 0.6 is 0 Å². The maximum atomic E-state index is 6.14. The van der Waals surface area contributed by atoms with Gasteiger partial charge in [0, 0.05) is 12.6 Å². The van der Waals surface area contributed by atoms with Crippen LogP contribution in [0, 0.1) is 0 Å². The van der Waals surface area contributed by atoms with Gasteiger partial charge in [0.05, 0.1) is 13.2 Å². The van der Waals surface area contributed by atoms with Crippen LogP contribution in [-0.2, 0) is 4.74 Å². The Labute approximate surface area is 109 Å². The molecule has 18 heavy (non-hydrogen) atoms. The van der Waals surface area contributed by atoms with Gasteiger partial charge in [-0.25, -0.2) is 0 Å². The van der Waals surface area contributed by atoms with E-state index < -0.39 is 0 Å². The maximum absolute atomic E-state index is 6.14. The van der Waals surface area contributed by atoms with Gasteiger partial charge in [0.2, 0.25) is 0 Å². The van der Waals surface area contributed by atoms with E-state index in [0.29, 0.717) is 12.5 Å². The molecule has 2 N–H and O–H groups in total. The minimum absolute atomic E-state index is 0.118. The molecular formula is C15H23NO2. The predicted octanol–water partition coefficient (Wildman–Crippen LogP) is 2.70. The van der Waals surface area contributed by atoms with Crippen LogP contribution in [0.1, 0.15) is 37.7 Å². The zero-order chi connectivity index (χ0) is 12.8. The zero-order valence-electron chi connectivity index (χ0n) is 11.1. The SMILES string of the molecule is CCCOCC(N)CC1CCOc2ccccc21. The monoisotopic (exact) mass is 249 g/mol. The van der Waals surface area contributed by atoms with Crippen LogP contribution in [0.3, 0.4) is 0 Å². The average molecular weight is 249 g/mol. The topological polar surface area (TPSA) is 44.5 Å². The number of fused-ring (bicyclic) bond motifs is 1. The van der Waals surface area contributed by atoms with E-state index in [1.807, 2.05) is 12.1 Å². The molecule has 1 aliphatic heterocycles. The van der Waals surface area contributed by atoms with Crippen molar-refractivity contribution < 1.29 is 9.47 Å². The Bertz CT molecular complexity index is 367. The molecule has 2 atom stereocenters. The van der Waals surface area contributed by atoms with Crippen LogP contribution in [0.25, 0.3) is 0 Å².